The van der Waals surface area contributed by atoms with E-state index in [0.29, 0.717) is 33.7 Å². The van der Waals surface area contributed by atoms with Crippen LogP contribution < -0.4 is 18.3 Å². The minimum Gasteiger partial charge on any atom is -0.232 e. The van der Waals surface area contributed by atoms with Crippen LogP contribution in [0.4, 0.5) is 8.78 Å². The highest BCUT2D eigenvalue weighted by Crippen LogP contribution is 2.36. The summed E-state index contributed by atoms with van der Waals surface area (Å²) in [5.74, 6) is 0.250. The first-order chi connectivity index (χ1) is 44.7. The van der Waals surface area contributed by atoms with Gasteiger partial charge in [0, 0.05) is 29.6 Å². The normalized spacial score (nSPS) is 12.4. The Kier molecular flexibility index (Phi) is 17.9. The fourth-order valence-electron chi connectivity index (χ4n) is 12.4. The van der Waals surface area contributed by atoms with Crippen molar-refractivity contribution in [2.75, 3.05) is 0 Å². The van der Waals surface area contributed by atoms with Gasteiger partial charge in [0.25, 0.3) is 19.0 Å². The van der Waals surface area contributed by atoms with Gasteiger partial charge in [-0.1, -0.05) is 93.4 Å². The van der Waals surface area contributed by atoms with Crippen LogP contribution in [-0.2, 0) is 41.0 Å². The largest absolute Gasteiger partial charge is 0.287 e. The van der Waals surface area contributed by atoms with Crippen LogP contribution in [0.1, 0.15) is 112 Å². The Labute approximate surface area is 540 Å². The molecule has 0 atom stereocenters. The van der Waals surface area contributed by atoms with Crippen molar-refractivity contribution in [3.8, 4) is 45.0 Å². The van der Waals surface area contributed by atoms with Crippen molar-refractivity contribution in [2.24, 2.45) is 40.0 Å². The van der Waals surface area contributed by atoms with Crippen LogP contribution in [-0.4, -0.2) is 15.0 Å². The molecule has 0 fully saturated rings. The molecule has 0 radical (unpaired) electrons. The Morgan fingerprint density at radius 1 is 0.400 bits per heavy atom. The number of benzene rings is 8. The average Bonchev–Trinajstić information content (AvgIpc) is 0.805. The van der Waals surface area contributed by atoms with Crippen molar-refractivity contribution in [1.82, 2.24) is 15.0 Å². The van der Waals surface area contributed by atoms with E-state index in [4.69, 9.17) is 6.85 Å². The quantitative estimate of drug-likeness (QED) is 0.143. The van der Waals surface area contributed by atoms with Crippen LogP contribution >= 0.6 is 0 Å². The monoisotopic (exact) mass is 1200 g/mol. The van der Waals surface area contributed by atoms with E-state index < -0.39 is 13.2 Å². The maximum atomic E-state index is 14.3. The van der Waals surface area contributed by atoms with Crippen molar-refractivity contribution in [2.45, 2.75) is 124 Å². The number of para-hydroxylation sites is 2. The molecule has 0 amide bonds. The van der Waals surface area contributed by atoms with Crippen LogP contribution in [0.5, 0.6) is 0 Å². The summed E-state index contributed by atoms with van der Waals surface area (Å²) in [6, 6.07) is 42.7. The third-order valence-electron chi connectivity index (χ3n) is 17.4. The lowest BCUT2D eigenvalue weighted by atomic mass is 9.93. The molecule has 0 bridgehead atoms. The summed E-state index contributed by atoms with van der Waals surface area (Å²) in [6.07, 6.45) is 7.13. The third kappa shape index (κ3) is 13.8. The van der Waals surface area contributed by atoms with Gasteiger partial charge in [-0.25, -0.2) is 27.0 Å². The average molecular weight is 1210 g/mol. The lowest BCUT2D eigenvalue weighted by Gasteiger charge is -2.14. The van der Waals surface area contributed by atoms with Gasteiger partial charge in [0.2, 0.25) is 5.69 Å². The highest BCUT2D eigenvalue weighted by molar-refractivity contribution is 5.96. The number of pyridine rings is 1. The van der Waals surface area contributed by atoms with Gasteiger partial charge >= 0.3 is 0 Å². The Bertz CT molecular complexity index is 4940. The number of hydrogen-bond donors (Lipinski definition) is 0. The summed E-state index contributed by atoms with van der Waals surface area (Å²) in [5.41, 5.74) is 24.3. The SMILES string of the molecule is Cc1cc(-c2c3ccc(CC(C)C)cc3nc[n+]2C)c(C)c(C)c1F.Cc1cc(-c2c3ccccc3nc[n+]2C)c(C)c(C)c1F.Cc1cc(C)c(C)c(-c2c3ccccc3nc[n+]2C)c1.[2H]C([2H])([2H])c1cc(C)cc(-c2c3ccc(C([2H])([2H])C(C)C)cc3cc[n+]2C)c1C. The molecular formula is C81H91F2N7+4. The van der Waals surface area contributed by atoms with E-state index in [1.807, 2.05) is 196 Å². The molecule has 90 heavy (non-hydrogen) atoms. The molecule has 460 valence electrons. The first-order valence-corrected chi connectivity index (χ1v) is 31.1. The zero-order valence-electron chi connectivity index (χ0n) is 61.2. The summed E-state index contributed by atoms with van der Waals surface area (Å²) in [7, 11) is 7.98. The van der Waals surface area contributed by atoms with E-state index in [1.165, 1.54) is 38.9 Å². The second-order valence-electron chi connectivity index (χ2n) is 25.3. The highest BCUT2D eigenvalue weighted by atomic mass is 19.1. The summed E-state index contributed by atoms with van der Waals surface area (Å²) in [4.78, 5) is 13.6. The number of rotatable bonds is 8. The van der Waals surface area contributed by atoms with Crippen LogP contribution in [0, 0.1) is 106 Å². The van der Waals surface area contributed by atoms with Gasteiger partial charge in [0.15, 0.2) is 22.7 Å². The highest BCUT2D eigenvalue weighted by Gasteiger charge is 2.24. The predicted octanol–water partition coefficient (Wildman–Crippen LogP) is 17.9. The Morgan fingerprint density at radius 3 is 1.31 bits per heavy atom. The molecule has 0 saturated heterocycles. The fraction of sp³-hybridized carbons (Fsp3) is 0.296. The maximum Gasteiger partial charge on any atom is 0.287 e. The Balaban J connectivity index is 0.000000150. The zero-order chi connectivity index (χ0) is 69.4. The standard InChI is InChI=1S/C23H28N.C22H26FN2.C18H18FN2.C18H19N2/c1-15(2)11-19-7-8-21-20(14-19)9-10-24(6)23(21)22-13-16(3)12-17(4)18(22)5;1-13(2)9-17-7-8-18-20(11-17)24-12-25(6)22(18)19-10-14(3)21(23)16(5)15(19)4;1-11-9-15(12(2)13(3)17(11)19)18-14-7-5-6-8-16(14)20-10-21(18)4;1-12-9-13(2)14(3)16(10-12)18-15-7-5-6-8-17(15)19-11-20(18)4/h7-10,12-15H,11H2,1-6H3;7-8,10-13H,9H2,1-6H3;5-10H,1-4H3;5-11H,1-4H3/q4*+1/i4D3,11D2;;;. The van der Waals surface area contributed by atoms with Gasteiger partial charge in [-0.05, 0) is 261 Å². The molecule has 8 aromatic carbocycles. The van der Waals surface area contributed by atoms with Crippen molar-refractivity contribution in [3.05, 3.63) is 242 Å². The molecule has 12 aromatic rings. The maximum absolute atomic E-state index is 14.3. The van der Waals surface area contributed by atoms with Crippen molar-refractivity contribution < 1.29 is 33.9 Å². The van der Waals surface area contributed by atoms with E-state index in [0.717, 1.165) is 106 Å². The van der Waals surface area contributed by atoms with Crippen LogP contribution in [0.3, 0.4) is 0 Å². The number of halogens is 2. The van der Waals surface area contributed by atoms with Crippen molar-refractivity contribution in [1.29, 1.82) is 0 Å². The molecule has 0 unspecified atom stereocenters. The van der Waals surface area contributed by atoms with E-state index in [9.17, 15) is 8.78 Å². The molecule has 7 nitrogen and oxygen atoms in total. The van der Waals surface area contributed by atoms with Gasteiger partial charge in [-0.2, -0.15) is 0 Å². The van der Waals surface area contributed by atoms with Gasteiger partial charge in [-0.15, -0.1) is 0 Å². The van der Waals surface area contributed by atoms with Crippen LogP contribution in [0.15, 0.2) is 153 Å². The Hall–Kier alpha value is -8.95. The summed E-state index contributed by atoms with van der Waals surface area (Å²) < 4.78 is 77.0. The topological polar surface area (TPSA) is 54.2 Å². The Morgan fingerprint density at radius 2 is 0.822 bits per heavy atom. The molecule has 0 N–H and O–H groups in total. The molecule has 0 aliphatic heterocycles. The van der Waals surface area contributed by atoms with Gasteiger partial charge in [0.05, 0.1) is 48.3 Å². The zero-order valence-corrected chi connectivity index (χ0v) is 56.2. The van der Waals surface area contributed by atoms with E-state index >= 15 is 0 Å². The molecule has 4 heterocycles. The van der Waals surface area contributed by atoms with Gasteiger partial charge < -0.3 is 0 Å². The van der Waals surface area contributed by atoms with Gasteiger partial charge in [-0.3, -0.25) is 0 Å². The second-order valence-corrected chi connectivity index (χ2v) is 25.3. The molecule has 0 spiro atoms. The van der Waals surface area contributed by atoms with Crippen molar-refractivity contribution >= 4 is 43.5 Å². The van der Waals surface area contributed by atoms with E-state index in [-0.39, 0.29) is 17.6 Å². The molecule has 0 aliphatic rings. The van der Waals surface area contributed by atoms with Crippen LogP contribution in [0.25, 0.3) is 88.5 Å². The minimum absolute atomic E-state index is 0.110. The smallest absolute Gasteiger partial charge is 0.232 e. The van der Waals surface area contributed by atoms with Gasteiger partial charge in [0.1, 0.15) is 35.8 Å². The lowest BCUT2D eigenvalue weighted by Crippen LogP contribution is -2.32. The van der Waals surface area contributed by atoms with E-state index in [1.54, 1.807) is 6.07 Å². The molecule has 12 rings (SSSR count). The first kappa shape index (κ1) is 58.7. The number of aromatic nitrogens is 7. The van der Waals surface area contributed by atoms with Crippen molar-refractivity contribution in [3.63, 3.8) is 0 Å². The summed E-state index contributed by atoms with van der Waals surface area (Å²) in [5, 5.41) is 5.30. The van der Waals surface area contributed by atoms with Crippen LogP contribution in [0.2, 0.25) is 0 Å². The number of hydrogen-bond acceptors (Lipinski definition) is 3. The molecular weight excluding hydrogens is 1110 g/mol. The molecule has 9 heteroatoms. The second kappa shape index (κ2) is 27.4. The minimum atomic E-state index is -2.17. The molecule has 4 aromatic heterocycles. The lowest BCUT2D eigenvalue weighted by molar-refractivity contribution is -0.662. The molecule has 0 saturated carbocycles. The number of aryl methyl sites for hydroxylation is 10. The predicted molar refractivity (Wildman–Crippen MR) is 369 cm³/mol. The third-order valence-corrected chi connectivity index (χ3v) is 17.4. The fourth-order valence-corrected chi connectivity index (χ4v) is 12.4. The summed E-state index contributed by atoms with van der Waals surface area (Å²) >= 11 is 0. The number of fused-ring (bicyclic) bond motifs is 4. The summed E-state index contributed by atoms with van der Waals surface area (Å²) in [6.45, 7) is 27.6. The van der Waals surface area contributed by atoms with E-state index in [2.05, 4.69) is 116 Å². The molecule has 0 aliphatic carbocycles. The first-order valence-electron chi connectivity index (χ1n) is 33.6. The number of nitrogens with zero attached hydrogens (tertiary/aromatic N) is 7.